The van der Waals surface area contributed by atoms with Crippen LogP contribution in [0.25, 0.3) is 5.69 Å². The highest BCUT2D eigenvalue weighted by Gasteiger charge is 2.51. The molecule has 2 aliphatic carbocycles. The third kappa shape index (κ3) is 2.79. The van der Waals surface area contributed by atoms with E-state index < -0.39 is 23.6 Å². The number of carboxylic acids is 1. The van der Waals surface area contributed by atoms with E-state index in [9.17, 15) is 19.1 Å². The fourth-order valence-corrected chi connectivity index (χ4v) is 4.09. The van der Waals surface area contributed by atoms with Crippen molar-refractivity contribution < 1.29 is 19.1 Å². The number of hydrogen-bond acceptors (Lipinski definition) is 3. The number of fused-ring (bicyclic) bond motifs is 2. The van der Waals surface area contributed by atoms with Crippen LogP contribution in [-0.2, 0) is 16.1 Å². The molecule has 2 N–H and O–H groups in total. The maximum Gasteiger partial charge on any atom is 0.307 e. The molecule has 0 saturated heterocycles. The fourth-order valence-electron chi connectivity index (χ4n) is 4.09. The van der Waals surface area contributed by atoms with E-state index in [1.54, 1.807) is 29.1 Å². The Morgan fingerprint density at radius 1 is 1.27 bits per heavy atom. The predicted molar refractivity (Wildman–Crippen MR) is 90.7 cm³/mol. The molecule has 1 aromatic heterocycles. The lowest BCUT2D eigenvalue weighted by Gasteiger charge is -2.23. The van der Waals surface area contributed by atoms with Gasteiger partial charge in [-0.2, -0.15) is 0 Å². The number of imidazole rings is 1. The Kier molecular flexibility index (Phi) is 4.06. The van der Waals surface area contributed by atoms with Crippen LogP contribution in [0.15, 0.2) is 49.1 Å². The van der Waals surface area contributed by atoms with Crippen molar-refractivity contribution >= 4 is 11.9 Å². The van der Waals surface area contributed by atoms with Crippen LogP contribution in [-0.4, -0.2) is 26.5 Å². The summed E-state index contributed by atoms with van der Waals surface area (Å²) in [5, 5.41) is 12.2. The molecule has 0 radical (unpaired) electrons. The maximum absolute atomic E-state index is 14.3. The lowest BCUT2D eigenvalue weighted by Crippen LogP contribution is -2.39. The first-order valence-corrected chi connectivity index (χ1v) is 8.50. The van der Waals surface area contributed by atoms with Gasteiger partial charge in [-0.15, -0.1) is 0 Å². The van der Waals surface area contributed by atoms with Gasteiger partial charge in [0.25, 0.3) is 0 Å². The van der Waals surface area contributed by atoms with Gasteiger partial charge in [0.1, 0.15) is 5.82 Å². The number of nitrogens with zero attached hydrogens (tertiary/aromatic N) is 2. The van der Waals surface area contributed by atoms with Crippen LogP contribution in [0.3, 0.4) is 0 Å². The Balaban J connectivity index is 1.44. The molecule has 1 amide bonds. The van der Waals surface area contributed by atoms with Crippen molar-refractivity contribution in [3.63, 3.8) is 0 Å². The van der Waals surface area contributed by atoms with Crippen LogP contribution in [0, 0.1) is 29.5 Å². The molecular formula is C19H18FN3O3. The summed E-state index contributed by atoms with van der Waals surface area (Å²) in [6, 6.07) is 4.72. The van der Waals surface area contributed by atoms with Gasteiger partial charge in [-0.1, -0.05) is 18.2 Å². The van der Waals surface area contributed by atoms with Crippen molar-refractivity contribution in [3.05, 3.63) is 60.5 Å². The normalized spacial score (nSPS) is 26.2. The zero-order chi connectivity index (χ0) is 18.3. The third-order valence-electron chi connectivity index (χ3n) is 5.31. The van der Waals surface area contributed by atoms with E-state index in [1.165, 1.54) is 12.4 Å². The number of rotatable bonds is 5. The summed E-state index contributed by atoms with van der Waals surface area (Å²) in [5.41, 5.74) is 0.993. The monoisotopic (exact) mass is 355 g/mol. The van der Waals surface area contributed by atoms with Crippen LogP contribution in [0.2, 0.25) is 0 Å². The summed E-state index contributed by atoms with van der Waals surface area (Å²) in [5.74, 6) is -2.96. The number of hydrogen-bond donors (Lipinski definition) is 2. The molecule has 4 rings (SSSR count). The van der Waals surface area contributed by atoms with E-state index in [0.29, 0.717) is 17.7 Å². The van der Waals surface area contributed by atoms with Gasteiger partial charge in [-0.25, -0.2) is 9.37 Å². The number of benzene rings is 1. The molecule has 1 heterocycles. The highest BCUT2D eigenvalue weighted by molar-refractivity contribution is 5.86. The summed E-state index contributed by atoms with van der Waals surface area (Å²) in [6.07, 6.45) is 9.27. The zero-order valence-corrected chi connectivity index (χ0v) is 13.9. The van der Waals surface area contributed by atoms with Gasteiger partial charge < -0.3 is 15.0 Å². The number of allylic oxidation sites excluding steroid dienone is 2. The van der Waals surface area contributed by atoms with Gasteiger partial charge in [0, 0.05) is 18.9 Å². The summed E-state index contributed by atoms with van der Waals surface area (Å²) in [7, 11) is 0. The predicted octanol–water partition coefficient (Wildman–Crippen LogP) is 2.15. The first-order valence-electron chi connectivity index (χ1n) is 8.50. The van der Waals surface area contributed by atoms with Crippen molar-refractivity contribution in [1.82, 2.24) is 14.9 Å². The summed E-state index contributed by atoms with van der Waals surface area (Å²) < 4.78 is 15.8. The first kappa shape index (κ1) is 16.5. The molecule has 1 aromatic carbocycles. The standard InChI is InChI=1S/C19H18FN3O3/c20-14-7-11(1-4-15(14)23-6-5-21-10-23)9-22-18(24)16-12-2-3-13(8-12)17(16)19(25)26/h1-7,10,12-13,16-17H,8-9H2,(H,22,24)(H,25,26)/t12-,13-,16-,17-/m0/s1. The second kappa shape index (κ2) is 6.40. The summed E-state index contributed by atoms with van der Waals surface area (Å²) in [4.78, 5) is 27.9. The highest BCUT2D eigenvalue weighted by atomic mass is 19.1. The third-order valence-corrected chi connectivity index (χ3v) is 5.31. The van der Waals surface area contributed by atoms with Crippen molar-refractivity contribution in [2.75, 3.05) is 0 Å². The van der Waals surface area contributed by atoms with Crippen LogP contribution >= 0.6 is 0 Å². The number of nitrogens with one attached hydrogen (secondary N) is 1. The largest absolute Gasteiger partial charge is 0.481 e. The highest BCUT2D eigenvalue weighted by Crippen LogP contribution is 2.48. The van der Waals surface area contributed by atoms with Crippen molar-refractivity contribution in [2.24, 2.45) is 23.7 Å². The topological polar surface area (TPSA) is 84.2 Å². The van der Waals surface area contributed by atoms with Crippen molar-refractivity contribution in [3.8, 4) is 5.69 Å². The Hall–Kier alpha value is -2.96. The minimum atomic E-state index is -0.933. The van der Waals surface area contributed by atoms with Crippen molar-refractivity contribution in [1.29, 1.82) is 0 Å². The maximum atomic E-state index is 14.3. The van der Waals surface area contributed by atoms with Crippen LogP contribution < -0.4 is 5.32 Å². The van der Waals surface area contributed by atoms with Crippen molar-refractivity contribution in [2.45, 2.75) is 13.0 Å². The van der Waals surface area contributed by atoms with Crippen LogP contribution in [0.4, 0.5) is 4.39 Å². The lowest BCUT2D eigenvalue weighted by molar-refractivity contribution is -0.147. The Bertz CT molecular complexity index is 878. The second-order valence-corrected chi connectivity index (χ2v) is 6.81. The quantitative estimate of drug-likeness (QED) is 0.805. The lowest BCUT2D eigenvalue weighted by atomic mass is 9.82. The van der Waals surface area contributed by atoms with Gasteiger partial charge in [-0.05, 0) is 36.0 Å². The van der Waals surface area contributed by atoms with E-state index >= 15 is 0 Å². The van der Waals surface area contributed by atoms with E-state index in [4.69, 9.17) is 0 Å². The molecular weight excluding hydrogens is 337 g/mol. The fraction of sp³-hybridized carbons (Fsp3) is 0.316. The number of aromatic nitrogens is 2. The van der Waals surface area contributed by atoms with E-state index in [1.807, 2.05) is 12.2 Å². The van der Waals surface area contributed by atoms with Gasteiger partial charge in [0.2, 0.25) is 5.91 Å². The first-order chi connectivity index (χ1) is 12.5. The number of amides is 1. The van der Waals surface area contributed by atoms with Gasteiger partial charge >= 0.3 is 5.97 Å². The molecule has 6 nitrogen and oxygen atoms in total. The summed E-state index contributed by atoms with van der Waals surface area (Å²) >= 11 is 0. The molecule has 2 aromatic rings. The Morgan fingerprint density at radius 3 is 2.69 bits per heavy atom. The zero-order valence-electron chi connectivity index (χ0n) is 13.9. The van der Waals surface area contributed by atoms with Gasteiger partial charge in [-0.3, -0.25) is 9.59 Å². The van der Waals surface area contributed by atoms with Gasteiger partial charge in [0.15, 0.2) is 0 Å². The number of halogens is 1. The number of aliphatic carboxylic acids is 1. The second-order valence-electron chi connectivity index (χ2n) is 6.81. The smallest absolute Gasteiger partial charge is 0.307 e. The van der Waals surface area contributed by atoms with Crippen LogP contribution in [0.1, 0.15) is 12.0 Å². The molecule has 2 bridgehead atoms. The average molecular weight is 355 g/mol. The summed E-state index contributed by atoms with van der Waals surface area (Å²) in [6.45, 7) is 0.157. The number of carbonyl (C=O) groups is 2. The molecule has 1 saturated carbocycles. The minimum absolute atomic E-state index is 0.0264. The molecule has 26 heavy (non-hydrogen) atoms. The Morgan fingerprint density at radius 2 is 2.04 bits per heavy atom. The molecule has 4 atom stereocenters. The van der Waals surface area contributed by atoms with E-state index in [2.05, 4.69) is 10.3 Å². The minimum Gasteiger partial charge on any atom is -0.481 e. The molecule has 0 unspecified atom stereocenters. The SMILES string of the molecule is O=C(O)[C@@H]1[C@@H](C(=O)NCc2ccc(-n3ccnc3)c(F)c2)[C@H]2C=C[C@H]1C2. The van der Waals surface area contributed by atoms with E-state index in [-0.39, 0.29) is 24.3 Å². The van der Waals surface area contributed by atoms with Crippen LogP contribution in [0.5, 0.6) is 0 Å². The molecule has 134 valence electrons. The average Bonchev–Trinajstić information content (AvgIpc) is 3.35. The number of carboxylic acid groups (broad SMARTS) is 1. The number of carbonyl (C=O) groups excluding carboxylic acids is 1. The molecule has 2 aliphatic rings. The van der Waals surface area contributed by atoms with E-state index in [0.717, 1.165) is 0 Å². The molecule has 0 aliphatic heterocycles. The molecule has 7 heteroatoms. The molecule has 0 spiro atoms. The Labute approximate surface area is 149 Å². The van der Waals surface area contributed by atoms with Gasteiger partial charge in [0.05, 0.1) is 23.9 Å². The molecule has 1 fully saturated rings.